The summed E-state index contributed by atoms with van der Waals surface area (Å²) in [7, 11) is 8.87. The molecule has 0 spiro atoms. The molecule has 0 fully saturated rings. The van der Waals surface area contributed by atoms with Crippen LogP contribution in [0.1, 0.15) is 0 Å². The fourth-order valence-corrected chi connectivity index (χ4v) is 2.39. The molecule has 2 amide bonds. The molecule has 0 radical (unpaired) electrons. The summed E-state index contributed by atoms with van der Waals surface area (Å²) in [5.41, 5.74) is 5.63. The van der Waals surface area contributed by atoms with Crippen molar-refractivity contribution in [1.82, 2.24) is 31.1 Å². The van der Waals surface area contributed by atoms with Gasteiger partial charge in [0.25, 0.3) is 0 Å². The number of nitrogens with one attached hydrogen (secondary N) is 4. The molecule has 0 bridgehead atoms. The Morgan fingerprint density at radius 1 is 0.875 bits per heavy atom. The van der Waals surface area contributed by atoms with Crippen LogP contribution >= 0.6 is 0 Å². The Bertz CT molecular complexity index is 368. The SMILES string of the molecule is CNCC(NC)C(=O)N(C)CCN(CCN)C(=O)C(CNC)NC. The minimum atomic E-state index is -0.308. The van der Waals surface area contributed by atoms with Gasteiger partial charge in [-0.2, -0.15) is 0 Å². The third kappa shape index (κ3) is 7.54. The van der Waals surface area contributed by atoms with Gasteiger partial charge in [0.2, 0.25) is 11.8 Å². The average Bonchev–Trinajstić information content (AvgIpc) is 2.59. The van der Waals surface area contributed by atoms with Crippen molar-refractivity contribution in [2.24, 2.45) is 5.73 Å². The van der Waals surface area contributed by atoms with Gasteiger partial charge in [0.15, 0.2) is 0 Å². The van der Waals surface area contributed by atoms with Crippen LogP contribution in [0.4, 0.5) is 0 Å². The fraction of sp³-hybridized carbons (Fsp3) is 0.867. The molecule has 0 rings (SSSR count). The van der Waals surface area contributed by atoms with Gasteiger partial charge in [-0.1, -0.05) is 0 Å². The van der Waals surface area contributed by atoms with Crippen molar-refractivity contribution in [2.45, 2.75) is 12.1 Å². The van der Waals surface area contributed by atoms with E-state index in [4.69, 9.17) is 5.73 Å². The molecule has 0 aliphatic rings. The van der Waals surface area contributed by atoms with Gasteiger partial charge in [-0.25, -0.2) is 0 Å². The summed E-state index contributed by atoms with van der Waals surface area (Å²) >= 11 is 0. The Labute approximate surface area is 145 Å². The fourth-order valence-electron chi connectivity index (χ4n) is 2.39. The third-order valence-electron chi connectivity index (χ3n) is 3.90. The first-order valence-electron chi connectivity index (χ1n) is 8.34. The highest BCUT2D eigenvalue weighted by Gasteiger charge is 2.24. The average molecular weight is 345 g/mol. The lowest BCUT2D eigenvalue weighted by Gasteiger charge is -2.30. The minimum absolute atomic E-state index is 0.00705. The van der Waals surface area contributed by atoms with Crippen molar-refractivity contribution in [3.63, 3.8) is 0 Å². The zero-order valence-corrected chi connectivity index (χ0v) is 15.7. The van der Waals surface area contributed by atoms with Crippen molar-refractivity contribution >= 4 is 11.8 Å². The van der Waals surface area contributed by atoms with Gasteiger partial charge < -0.3 is 36.8 Å². The molecule has 2 unspecified atom stereocenters. The van der Waals surface area contributed by atoms with E-state index >= 15 is 0 Å². The number of likely N-dealkylation sites (N-methyl/N-ethyl adjacent to an activating group) is 5. The molecule has 2 atom stereocenters. The maximum Gasteiger partial charge on any atom is 0.241 e. The van der Waals surface area contributed by atoms with E-state index in [1.807, 2.05) is 0 Å². The monoisotopic (exact) mass is 345 g/mol. The molecule has 0 aliphatic heterocycles. The van der Waals surface area contributed by atoms with Crippen molar-refractivity contribution in [3.05, 3.63) is 0 Å². The lowest BCUT2D eigenvalue weighted by molar-refractivity contribution is -0.136. The van der Waals surface area contributed by atoms with Crippen LogP contribution in [0.25, 0.3) is 0 Å². The highest BCUT2D eigenvalue weighted by atomic mass is 16.2. The van der Waals surface area contributed by atoms with E-state index < -0.39 is 0 Å². The van der Waals surface area contributed by atoms with Crippen molar-refractivity contribution in [1.29, 1.82) is 0 Å². The molecule has 9 nitrogen and oxygen atoms in total. The number of nitrogens with two attached hydrogens (primary N) is 1. The van der Waals surface area contributed by atoms with Crippen LogP contribution < -0.4 is 27.0 Å². The number of hydrogen-bond donors (Lipinski definition) is 5. The Morgan fingerprint density at radius 2 is 1.38 bits per heavy atom. The van der Waals surface area contributed by atoms with E-state index in [9.17, 15) is 9.59 Å². The van der Waals surface area contributed by atoms with Crippen LogP contribution in [0.2, 0.25) is 0 Å². The third-order valence-corrected chi connectivity index (χ3v) is 3.90. The highest BCUT2D eigenvalue weighted by Crippen LogP contribution is 1.98. The van der Waals surface area contributed by atoms with E-state index in [1.165, 1.54) is 0 Å². The lowest BCUT2D eigenvalue weighted by Crippen LogP contribution is -2.54. The Hall–Kier alpha value is -1.26. The molecule has 0 aromatic rings. The standard InChI is InChI=1S/C15H35N7O2/c1-17-10-12(19-3)14(23)21(5)8-9-22(7-6-16)15(24)13(20-4)11-18-2/h12-13,17-20H,6-11,16H2,1-5H3. The molecule has 0 saturated heterocycles. The first-order valence-corrected chi connectivity index (χ1v) is 8.34. The molecule has 0 heterocycles. The number of amides is 2. The molecular weight excluding hydrogens is 310 g/mol. The summed E-state index contributed by atoms with van der Waals surface area (Å²) in [6, 6.07) is -0.593. The molecule has 0 aromatic carbocycles. The van der Waals surface area contributed by atoms with Crippen molar-refractivity contribution in [2.75, 3.05) is 74.5 Å². The van der Waals surface area contributed by atoms with E-state index in [0.29, 0.717) is 39.3 Å². The number of nitrogens with zero attached hydrogens (tertiary/aromatic N) is 2. The second kappa shape index (κ2) is 13.1. The summed E-state index contributed by atoms with van der Waals surface area (Å²) in [5.74, 6) is -0.0223. The summed E-state index contributed by atoms with van der Waals surface area (Å²) in [6.45, 7) is 2.86. The van der Waals surface area contributed by atoms with Gasteiger partial charge in [-0.05, 0) is 28.2 Å². The Balaban J connectivity index is 4.72. The van der Waals surface area contributed by atoms with Crippen molar-refractivity contribution in [3.8, 4) is 0 Å². The maximum atomic E-state index is 12.6. The molecule has 0 aromatic heterocycles. The van der Waals surface area contributed by atoms with Gasteiger partial charge in [-0.3, -0.25) is 9.59 Å². The number of carbonyl (C=O) groups is 2. The molecule has 142 valence electrons. The van der Waals surface area contributed by atoms with E-state index in [1.54, 1.807) is 45.0 Å². The summed E-state index contributed by atoms with van der Waals surface area (Å²) in [5, 5.41) is 12.0. The quantitative estimate of drug-likeness (QED) is 0.239. The van der Waals surface area contributed by atoms with Crippen LogP contribution in [-0.2, 0) is 9.59 Å². The second-order valence-corrected chi connectivity index (χ2v) is 5.67. The van der Waals surface area contributed by atoms with Gasteiger partial charge in [-0.15, -0.1) is 0 Å². The molecule has 0 saturated carbocycles. The Morgan fingerprint density at radius 3 is 1.79 bits per heavy atom. The van der Waals surface area contributed by atoms with Gasteiger partial charge in [0, 0.05) is 46.3 Å². The molecule has 0 aliphatic carbocycles. The Kier molecular flexibility index (Phi) is 12.4. The van der Waals surface area contributed by atoms with Crippen LogP contribution in [0.3, 0.4) is 0 Å². The zero-order valence-electron chi connectivity index (χ0n) is 15.7. The summed E-state index contributed by atoms with van der Waals surface area (Å²) in [6.07, 6.45) is 0. The topological polar surface area (TPSA) is 115 Å². The molecule has 6 N–H and O–H groups in total. The normalized spacial score (nSPS) is 13.4. The summed E-state index contributed by atoms with van der Waals surface area (Å²) < 4.78 is 0. The predicted octanol–water partition coefficient (Wildman–Crippen LogP) is -3.15. The van der Waals surface area contributed by atoms with Crippen LogP contribution in [-0.4, -0.2) is 108 Å². The highest BCUT2D eigenvalue weighted by molar-refractivity contribution is 5.83. The first-order chi connectivity index (χ1) is 11.5. The van der Waals surface area contributed by atoms with Crippen LogP contribution in [0.5, 0.6) is 0 Å². The van der Waals surface area contributed by atoms with E-state index in [0.717, 1.165) is 0 Å². The first kappa shape index (κ1) is 22.7. The molecular formula is C15H35N7O2. The molecule has 9 heteroatoms. The molecule has 24 heavy (non-hydrogen) atoms. The van der Waals surface area contributed by atoms with E-state index in [2.05, 4.69) is 21.3 Å². The summed E-state index contributed by atoms with van der Waals surface area (Å²) in [4.78, 5) is 28.3. The predicted molar refractivity (Wildman–Crippen MR) is 96.8 cm³/mol. The van der Waals surface area contributed by atoms with Gasteiger partial charge >= 0.3 is 0 Å². The minimum Gasteiger partial charge on any atom is -0.343 e. The van der Waals surface area contributed by atoms with Gasteiger partial charge in [0.1, 0.15) is 0 Å². The number of carbonyl (C=O) groups excluding carboxylic acids is 2. The smallest absolute Gasteiger partial charge is 0.241 e. The van der Waals surface area contributed by atoms with Crippen LogP contribution in [0.15, 0.2) is 0 Å². The zero-order chi connectivity index (χ0) is 18.5. The number of hydrogen-bond acceptors (Lipinski definition) is 7. The van der Waals surface area contributed by atoms with Crippen LogP contribution in [0, 0.1) is 0 Å². The maximum absolute atomic E-state index is 12.6. The van der Waals surface area contributed by atoms with Gasteiger partial charge in [0.05, 0.1) is 12.1 Å². The number of rotatable bonds is 13. The van der Waals surface area contributed by atoms with Crippen molar-refractivity contribution < 1.29 is 9.59 Å². The van der Waals surface area contributed by atoms with E-state index in [-0.39, 0.29) is 23.9 Å². The lowest BCUT2D eigenvalue weighted by atomic mass is 10.2. The largest absolute Gasteiger partial charge is 0.343 e. The second-order valence-electron chi connectivity index (χ2n) is 5.67.